The van der Waals surface area contributed by atoms with Crippen LogP contribution in [0.4, 0.5) is 22.4 Å². The van der Waals surface area contributed by atoms with Crippen LogP contribution < -0.4 is 19.5 Å². The molecule has 3 amide bonds. The molecule has 4 fully saturated rings. The van der Waals surface area contributed by atoms with E-state index in [4.69, 9.17) is 0 Å². The lowest BCUT2D eigenvalue weighted by Crippen LogP contribution is -2.53. The Labute approximate surface area is 245 Å². The van der Waals surface area contributed by atoms with Crippen LogP contribution in [0, 0.1) is 0 Å². The molecule has 1 saturated heterocycles. The van der Waals surface area contributed by atoms with E-state index in [1.165, 1.54) is 34.9 Å². The van der Waals surface area contributed by atoms with E-state index in [-0.39, 0.29) is 45.0 Å². The van der Waals surface area contributed by atoms with Gasteiger partial charge in [-0.3, -0.25) is 9.89 Å². The fourth-order valence-electron chi connectivity index (χ4n) is 6.39. The number of nitrogens with one attached hydrogen (secondary N) is 5. The first kappa shape index (κ1) is 27.4. The molecule has 12 heteroatoms. The number of aromatic nitrogens is 4. The average molecular weight is 662 g/mol. The molecule has 0 atom stereocenters. The third-order valence-electron chi connectivity index (χ3n) is 8.79. The number of carbonyl (C=O) groups is 2. The summed E-state index contributed by atoms with van der Waals surface area (Å²) in [5.74, 6) is 3.06. The van der Waals surface area contributed by atoms with Crippen molar-refractivity contribution in [2.24, 2.45) is 0 Å². The second kappa shape index (κ2) is 12.8. The minimum Gasteiger partial charge on any atom is -0.339 e. The number of halogens is 1. The first-order valence-corrected chi connectivity index (χ1v) is 17.0. The molecule has 3 heterocycles. The molecule has 3 aliphatic carbocycles. The predicted molar refractivity (Wildman–Crippen MR) is 164 cm³/mol. The second-order valence-corrected chi connectivity index (χ2v) is 14.1. The minimum atomic E-state index is -0.380. The van der Waals surface area contributed by atoms with Crippen LogP contribution in [0.25, 0.3) is 0 Å². The Morgan fingerprint density at radius 2 is 1.70 bits per heavy atom. The van der Waals surface area contributed by atoms with E-state index in [1.807, 2.05) is 11.0 Å². The highest BCUT2D eigenvalue weighted by atomic mass is 127. The third kappa shape index (κ3) is 6.92. The summed E-state index contributed by atoms with van der Waals surface area (Å²) in [6.07, 6.45) is 15.4. The van der Waals surface area contributed by atoms with Gasteiger partial charge in [0.2, 0.25) is 11.9 Å². The molecule has 2 aromatic rings. The molecule has 3 saturated carbocycles. The lowest BCUT2D eigenvalue weighted by molar-refractivity contribution is -0.143. The number of carbonyl (C=O) groups excluding carboxylic acids is 2. The van der Waals surface area contributed by atoms with Crippen molar-refractivity contribution < 1.29 is 9.59 Å². The highest BCUT2D eigenvalue weighted by Gasteiger charge is 2.34. The molecule has 6 rings (SSSR count). The number of likely N-dealkylation sites (tertiary alicyclic amines) is 1. The number of β-lactam (4-membered cyclic amide) rings is 1. The van der Waals surface area contributed by atoms with Gasteiger partial charge < -0.3 is 24.4 Å². The number of hydrogen-bond donors (Lipinski definition) is 5. The summed E-state index contributed by atoms with van der Waals surface area (Å²) in [6, 6.07) is 4.72. The van der Waals surface area contributed by atoms with E-state index >= 15 is 0 Å². The zero-order valence-electron chi connectivity index (χ0n) is 22.9. The van der Waals surface area contributed by atoms with Gasteiger partial charge in [-0.2, -0.15) is 10.1 Å². The largest absolute Gasteiger partial charge is 0.339 e. The zero-order valence-corrected chi connectivity index (χ0v) is 25.1. The lowest BCUT2D eigenvalue weighted by Gasteiger charge is -2.42. The Morgan fingerprint density at radius 3 is 2.40 bits per heavy atom. The van der Waals surface area contributed by atoms with Crippen LogP contribution in [0.5, 0.6) is 0 Å². The zero-order chi connectivity index (χ0) is 27.3. The number of hydrogen-bond acceptors (Lipinski definition) is 7. The normalized spacial score (nSPS) is 25.4. The summed E-state index contributed by atoms with van der Waals surface area (Å²) < 4.78 is 5.02. The Balaban J connectivity index is 0.909. The molecule has 0 bridgehead atoms. The quantitative estimate of drug-likeness (QED) is 0.155. The first-order chi connectivity index (χ1) is 19.6. The van der Waals surface area contributed by atoms with Gasteiger partial charge in [-0.15, -0.1) is 0 Å². The van der Waals surface area contributed by atoms with E-state index in [9.17, 15) is 9.59 Å². The molecule has 40 heavy (non-hydrogen) atoms. The van der Waals surface area contributed by atoms with Gasteiger partial charge in [-0.05, 0) is 94.8 Å². The highest BCUT2D eigenvalue weighted by molar-refractivity contribution is 14.2. The maximum absolute atomic E-state index is 12.6. The maximum atomic E-state index is 12.6. The van der Waals surface area contributed by atoms with E-state index in [1.54, 1.807) is 6.20 Å². The Morgan fingerprint density at radius 1 is 0.950 bits per heavy atom. The van der Waals surface area contributed by atoms with Gasteiger partial charge in [0.05, 0.1) is 0 Å². The fourth-order valence-corrected chi connectivity index (χ4v) is 8.44. The van der Waals surface area contributed by atoms with Crippen molar-refractivity contribution in [1.82, 2.24) is 35.7 Å². The van der Waals surface area contributed by atoms with Crippen molar-refractivity contribution in [3.63, 3.8) is 0 Å². The van der Waals surface area contributed by atoms with Crippen molar-refractivity contribution in [1.29, 1.82) is 0 Å². The molecular formula is C28H40IN9O2. The third-order valence-corrected chi connectivity index (χ3v) is 11.4. The predicted octanol–water partition coefficient (Wildman–Crippen LogP) is 4.86. The number of H-pyrrole nitrogens is 1. The van der Waals surface area contributed by atoms with Gasteiger partial charge in [0.25, 0.3) is 0 Å². The molecule has 216 valence electrons. The summed E-state index contributed by atoms with van der Waals surface area (Å²) in [5, 5.41) is 17.3. The summed E-state index contributed by atoms with van der Waals surface area (Å²) >= 11 is -0.380. The summed E-state index contributed by atoms with van der Waals surface area (Å²) in [4.78, 5) is 35.4. The van der Waals surface area contributed by atoms with Crippen molar-refractivity contribution in [3.8, 4) is 0 Å². The van der Waals surface area contributed by atoms with E-state index in [0.717, 1.165) is 69.5 Å². The molecule has 0 radical (unpaired) electrons. The second-order valence-electron chi connectivity index (χ2n) is 11.5. The Kier molecular flexibility index (Phi) is 8.78. The monoisotopic (exact) mass is 661 g/mol. The minimum absolute atomic E-state index is 0.0465. The standard InChI is InChI=1S/C28H40IN9O2/c39-26-14-16-38(26)22-11-9-21(10-12-22)32-28(40)31-20-7-5-19(6-8-20)29-35-27-30-15-13-24(34-27)33-25-17-23(36-37-25)18-3-1-2-4-18/h13,15,17-18,20-22H,1-12,14,16H2,(H2,31,32,40)(H3,30,33,34,35,36,37). The van der Waals surface area contributed by atoms with Gasteiger partial charge in [0.15, 0.2) is 5.82 Å². The van der Waals surface area contributed by atoms with E-state index in [0.29, 0.717) is 24.3 Å². The van der Waals surface area contributed by atoms with Gasteiger partial charge in [0, 0.05) is 55.0 Å². The van der Waals surface area contributed by atoms with Crippen LogP contribution in [0.15, 0.2) is 18.3 Å². The van der Waals surface area contributed by atoms with Crippen molar-refractivity contribution >= 4 is 54.0 Å². The molecule has 5 N–H and O–H groups in total. The summed E-state index contributed by atoms with van der Waals surface area (Å²) in [6.45, 7) is 0.907. The van der Waals surface area contributed by atoms with E-state index < -0.39 is 0 Å². The maximum Gasteiger partial charge on any atom is 0.315 e. The number of urea groups is 1. The van der Waals surface area contributed by atoms with Crippen LogP contribution >= 0.6 is 21.0 Å². The molecule has 4 aliphatic rings. The molecule has 0 spiro atoms. The Bertz CT molecular complexity index is 1210. The van der Waals surface area contributed by atoms with Crippen LogP contribution in [-0.4, -0.2) is 65.2 Å². The van der Waals surface area contributed by atoms with Crippen LogP contribution in [-0.2, 0) is 4.79 Å². The van der Waals surface area contributed by atoms with Gasteiger partial charge >= 0.3 is 6.03 Å². The van der Waals surface area contributed by atoms with Crippen LogP contribution in [0.1, 0.15) is 95.1 Å². The average Bonchev–Trinajstić information content (AvgIpc) is 3.66. The van der Waals surface area contributed by atoms with Gasteiger partial charge in [-0.25, -0.2) is 9.78 Å². The fraction of sp³-hybridized carbons (Fsp3) is 0.643. The van der Waals surface area contributed by atoms with Crippen LogP contribution in [0.3, 0.4) is 0 Å². The van der Waals surface area contributed by atoms with E-state index in [2.05, 4.69) is 45.7 Å². The molecular weight excluding hydrogens is 621 g/mol. The SMILES string of the molecule is O=C(NC1CCC(=INc2nccc(Nc3cc(C4CCCC4)[nH]n3)n2)CC1)NC1CCC(N2CCC2=O)CC1. The molecule has 0 unspecified atom stereocenters. The van der Waals surface area contributed by atoms with Crippen molar-refractivity contribution in [2.75, 3.05) is 15.4 Å². The molecule has 0 aromatic carbocycles. The smallest absolute Gasteiger partial charge is 0.315 e. The number of amides is 3. The molecule has 1 aliphatic heterocycles. The number of nitrogens with zero attached hydrogens (tertiary/aromatic N) is 4. The number of anilines is 3. The lowest BCUT2D eigenvalue weighted by atomic mass is 9.88. The number of aromatic amines is 1. The number of rotatable bonds is 8. The molecule has 2 aromatic heterocycles. The highest BCUT2D eigenvalue weighted by Crippen LogP contribution is 2.34. The van der Waals surface area contributed by atoms with Crippen LogP contribution in [0.2, 0.25) is 0 Å². The Hall–Kier alpha value is -2.77. The summed E-state index contributed by atoms with van der Waals surface area (Å²) in [7, 11) is 0. The molecule has 11 nitrogen and oxygen atoms in total. The van der Waals surface area contributed by atoms with Crippen molar-refractivity contribution in [3.05, 3.63) is 24.0 Å². The first-order valence-electron chi connectivity index (χ1n) is 14.9. The van der Waals surface area contributed by atoms with Gasteiger partial charge in [-0.1, -0.05) is 12.8 Å². The van der Waals surface area contributed by atoms with Crippen molar-refractivity contribution in [2.45, 2.75) is 108 Å². The topological polar surface area (TPSA) is 140 Å². The summed E-state index contributed by atoms with van der Waals surface area (Å²) in [5.41, 5.74) is 1.21. The van der Waals surface area contributed by atoms with Gasteiger partial charge in [0.1, 0.15) is 5.82 Å².